The van der Waals surface area contributed by atoms with E-state index >= 15 is 0 Å². The normalized spacial score (nSPS) is 34.9. The minimum Gasteiger partial charge on any atom is -0.388 e. The molecule has 2 heterocycles. The maximum atomic E-state index is 12.8. The van der Waals surface area contributed by atoms with Crippen LogP contribution in [0.25, 0.3) is 0 Å². The first-order valence-electron chi connectivity index (χ1n) is 6.93. The molecule has 1 aromatic rings. The van der Waals surface area contributed by atoms with Gasteiger partial charge in [0.15, 0.2) is 0 Å². The standard InChI is InChI=1S/C14H17N3O2/c1-13(19)4-2-3-10(13)17-11-9(7-15-8-16-11)14(5-6-14)12(17)18/h7-8,10,19H,2-6H2,1H3/t10-,13-/m1/s1. The third-order valence-corrected chi connectivity index (χ3v) is 5.00. The van der Waals surface area contributed by atoms with Gasteiger partial charge < -0.3 is 5.11 Å². The van der Waals surface area contributed by atoms with Gasteiger partial charge in [-0.25, -0.2) is 9.97 Å². The van der Waals surface area contributed by atoms with Gasteiger partial charge in [-0.05, 0) is 39.0 Å². The molecule has 2 fully saturated rings. The van der Waals surface area contributed by atoms with E-state index in [1.807, 2.05) is 6.92 Å². The Morgan fingerprint density at radius 2 is 2.21 bits per heavy atom. The van der Waals surface area contributed by atoms with Crippen molar-refractivity contribution >= 4 is 11.7 Å². The summed E-state index contributed by atoms with van der Waals surface area (Å²) in [5, 5.41) is 10.5. The monoisotopic (exact) mass is 259 g/mol. The van der Waals surface area contributed by atoms with Crippen molar-refractivity contribution in [3.05, 3.63) is 18.1 Å². The van der Waals surface area contributed by atoms with Crippen LogP contribution < -0.4 is 4.90 Å². The molecule has 3 aliphatic rings. The number of aromatic nitrogens is 2. The molecule has 100 valence electrons. The predicted octanol–water partition coefficient (Wildman–Crippen LogP) is 1.16. The highest BCUT2D eigenvalue weighted by Gasteiger charge is 2.62. The highest BCUT2D eigenvalue weighted by Crippen LogP contribution is 2.58. The van der Waals surface area contributed by atoms with Crippen LogP contribution in [0, 0.1) is 0 Å². The quantitative estimate of drug-likeness (QED) is 0.822. The van der Waals surface area contributed by atoms with E-state index in [4.69, 9.17) is 0 Å². The minimum atomic E-state index is -0.807. The third-order valence-electron chi connectivity index (χ3n) is 5.00. The Morgan fingerprint density at radius 1 is 1.42 bits per heavy atom. The lowest BCUT2D eigenvalue weighted by molar-refractivity contribution is -0.121. The van der Waals surface area contributed by atoms with Crippen LogP contribution in [0.15, 0.2) is 12.5 Å². The van der Waals surface area contributed by atoms with Crippen molar-refractivity contribution in [2.75, 3.05) is 4.90 Å². The van der Waals surface area contributed by atoms with Crippen LogP contribution in [-0.2, 0) is 10.2 Å². The summed E-state index contributed by atoms with van der Waals surface area (Å²) in [6.45, 7) is 1.83. The average Bonchev–Trinajstić information content (AvgIpc) is 3.06. The Hall–Kier alpha value is -1.49. The van der Waals surface area contributed by atoms with Crippen LogP contribution >= 0.6 is 0 Å². The number of aliphatic hydroxyl groups is 1. The maximum absolute atomic E-state index is 12.8. The van der Waals surface area contributed by atoms with Crippen molar-refractivity contribution in [3.8, 4) is 0 Å². The first-order valence-corrected chi connectivity index (χ1v) is 6.93. The largest absolute Gasteiger partial charge is 0.388 e. The second kappa shape index (κ2) is 3.33. The first kappa shape index (κ1) is 11.3. The number of fused-ring (bicyclic) bond motifs is 2. The minimum absolute atomic E-state index is 0.121. The fourth-order valence-corrected chi connectivity index (χ4v) is 3.73. The van der Waals surface area contributed by atoms with E-state index < -0.39 is 5.60 Å². The SMILES string of the molecule is C[C@@]1(O)CCC[C@H]1N1C(=O)C2(CC2)c2cncnc21. The van der Waals surface area contributed by atoms with Crippen LogP contribution in [-0.4, -0.2) is 32.6 Å². The van der Waals surface area contributed by atoms with Crippen molar-refractivity contribution < 1.29 is 9.90 Å². The van der Waals surface area contributed by atoms with Crippen LogP contribution in [0.4, 0.5) is 5.82 Å². The van der Waals surface area contributed by atoms with Crippen molar-refractivity contribution in [2.45, 2.75) is 56.1 Å². The second-order valence-corrected chi connectivity index (χ2v) is 6.28. The van der Waals surface area contributed by atoms with Gasteiger partial charge in [0, 0.05) is 11.8 Å². The lowest BCUT2D eigenvalue weighted by Crippen LogP contribution is -2.50. The molecule has 1 spiro atoms. The smallest absolute Gasteiger partial charge is 0.239 e. The Kier molecular flexibility index (Phi) is 1.99. The molecule has 19 heavy (non-hydrogen) atoms. The Labute approximate surface area is 111 Å². The van der Waals surface area contributed by atoms with Crippen LogP contribution in [0.5, 0.6) is 0 Å². The van der Waals surface area contributed by atoms with Gasteiger partial charge in [-0.3, -0.25) is 9.69 Å². The zero-order chi connectivity index (χ0) is 13.3. The zero-order valence-corrected chi connectivity index (χ0v) is 11.0. The van der Waals surface area contributed by atoms with Gasteiger partial charge in [-0.15, -0.1) is 0 Å². The lowest BCUT2D eigenvalue weighted by Gasteiger charge is -2.33. The second-order valence-electron chi connectivity index (χ2n) is 6.28. The number of hydrogen-bond donors (Lipinski definition) is 1. The summed E-state index contributed by atoms with van der Waals surface area (Å²) < 4.78 is 0. The van der Waals surface area contributed by atoms with E-state index in [1.54, 1.807) is 11.1 Å². The van der Waals surface area contributed by atoms with Crippen LogP contribution in [0.2, 0.25) is 0 Å². The van der Waals surface area contributed by atoms with Crippen molar-refractivity contribution in [3.63, 3.8) is 0 Å². The van der Waals surface area contributed by atoms with E-state index in [-0.39, 0.29) is 17.4 Å². The van der Waals surface area contributed by atoms with Crippen molar-refractivity contribution in [1.82, 2.24) is 9.97 Å². The molecule has 2 saturated carbocycles. The van der Waals surface area contributed by atoms with E-state index in [1.165, 1.54) is 6.33 Å². The predicted molar refractivity (Wildman–Crippen MR) is 68.7 cm³/mol. The summed E-state index contributed by atoms with van der Waals surface area (Å²) in [4.78, 5) is 22.9. The van der Waals surface area contributed by atoms with Gasteiger partial charge in [0.1, 0.15) is 12.1 Å². The van der Waals surface area contributed by atoms with E-state index in [0.29, 0.717) is 0 Å². The van der Waals surface area contributed by atoms with E-state index in [2.05, 4.69) is 9.97 Å². The maximum Gasteiger partial charge on any atom is 0.239 e. The molecule has 1 N–H and O–H groups in total. The van der Waals surface area contributed by atoms with Gasteiger partial charge >= 0.3 is 0 Å². The number of amides is 1. The van der Waals surface area contributed by atoms with Gasteiger partial charge in [0.25, 0.3) is 0 Å². The fourth-order valence-electron chi connectivity index (χ4n) is 3.73. The molecule has 4 rings (SSSR count). The highest BCUT2D eigenvalue weighted by molar-refractivity contribution is 6.09. The summed E-state index contributed by atoms with van der Waals surface area (Å²) in [6.07, 6.45) is 7.58. The molecule has 0 radical (unpaired) electrons. The summed E-state index contributed by atoms with van der Waals surface area (Å²) in [7, 11) is 0. The summed E-state index contributed by atoms with van der Waals surface area (Å²) in [5.41, 5.74) is -0.212. The zero-order valence-electron chi connectivity index (χ0n) is 11.0. The third kappa shape index (κ3) is 1.31. The molecule has 0 saturated heterocycles. The molecule has 0 unspecified atom stereocenters. The first-order chi connectivity index (χ1) is 9.06. The Bertz CT molecular complexity index is 566. The molecular weight excluding hydrogens is 242 g/mol. The number of carbonyl (C=O) groups excluding carboxylic acids is 1. The lowest BCUT2D eigenvalue weighted by atomic mass is 9.98. The van der Waals surface area contributed by atoms with Gasteiger partial charge in [0.05, 0.1) is 17.1 Å². The van der Waals surface area contributed by atoms with E-state index in [0.717, 1.165) is 43.5 Å². The molecule has 5 heteroatoms. The van der Waals surface area contributed by atoms with Crippen molar-refractivity contribution in [1.29, 1.82) is 0 Å². The molecule has 5 nitrogen and oxygen atoms in total. The number of hydrogen-bond acceptors (Lipinski definition) is 4. The summed E-state index contributed by atoms with van der Waals surface area (Å²) in [6, 6.07) is -0.145. The molecule has 1 aromatic heterocycles. The Balaban J connectivity index is 1.84. The van der Waals surface area contributed by atoms with Gasteiger partial charge in [-0.2, -0.15) is 0 Å². The van der Waals surface area contributed by atoms with Gasteiger partial charge in [-0.1, -0.05) is 0 Å². The molecular formula is C14H17N3O2. The molecule has 1 aliphatic heterocycles. The molecule has 0 aromatic carbocycles. The van der Waals surface area contributed by atoms with Crippen LogP contribution in [0.3, 0.4) is 0 Å². The summed E-state index contributed by atoms with van der Waals surface area (Å²) >= 11 is 0. The average molecular weight is 259 g/mol. The molecule has 2 aliphatic carbocycles. The van der Waals surface area contributed by atoms with Gasteiger partial charge in [0.2, 0.25) is 5.91 Å². The Morgan fingerprint density at radius 3 is 2.84 bits per heavy atom. The molecule has 1 amide bonds. The number of anilines is 1. The number of rotatable bonds is 1. The molecule has 2 atom stereocenters. The summed E-state index contributed by atoms with van der Waals surface area (Å²) in [5.74, 6) is 0.847. The van der Waals surface area contributed by atoms with Crippen molar-refractivity contribution in [2.24, 2.45) is 0 Å². The number of carbonyl (C=O) groups is 1. The topological polar surface area (TPSA) is 66.3 Å². The highest BCUT2D eigenvalue weighted by atomic mass is 16.3. The van der Waals surface area contributed by atoms with E-state index in [9.17, 15) is 9.90 Å². The fraction of sp³-hybridized carbons (Fsp3) is 0.643. The molecule has 0 bridgehead atoms. The van der Waals surface area contributed by atoms with Crippen LogP contribution in [0.1, 0.15) is 44.6 Å². The number of nitrogens with zero attached hydrogens (tertiary/aromatic N) is 3.